The van der Waals surface area contributed by atoms with Crippen molar-refractivity contribution in [2.24, 2.45) is 0 Å². The lowest BCUT2D eigenvalue weighted by Crippen LogP contribution is -2.02. The molecule has 0 N–H and O–H groups in total. The minimum atomic E-state index is -3.45. The van der Waals surface area contributed by atoms with E-state index >= 15 is 0 Å². The highest BCUT2D eigenvalue weighted by Gasteiger charge is 2.20. The molecular weight excluding hydrogens is 287 g/mol. The molecule has 0 radical (unpaired) electrons. The third-order valence-corrected chi connectivity index (χ3v) is 3.78. The fraction of sp³-hybridized carbons (Fsp3) is 0.125. The first-order valence-corrected chi connectivity index (χ1v) is 6.62. The molecule has 0 aromatic carbocycles. The third-order valence-electron chi connectivity index (χ3n) is 1.87. The minimum Gasteiger partial charge on any atom is -0.287 e. The zero-order chi connectivity index (χ0) is 11.2. The smallest absolute Gasteiger partial charge is 0.194 e. The predicted octanol–water partition coefficient (Wildman–Crippen LogP) is 1.64. The van der Waals surface area contributed by atoms with Crippen LogP contribution in [0.3, 0.4) is 0 Å². The molecular formula is C8H6BrFN2O2S. The van der Waals surface area contributed by atoms with Crippen LogP contribution in [0.5, 0.6) is 0 Å². The summed E-state index contributed by atoms with van der Waals surface area (Å²) in [5, 5.41) is -0.0444. The summed E-state index contributed by atoms with van der Waals surface area (Å²) >= 11 is 3.00. The monoisotopic (exact) mass is 292 g/mol. The molecule has 0 atom stereocenters. The zero-order valence-electron chi connectivity index (χ0n) is 7.61. The van der Waals surface area contributed by atoms with Gasteiger partial charge in [0.15, 0.2) is 26.3 Å². The quantitative estimate of drug-likeness (QED) is 0.803. The Morgan fingerprint density at radius 2 is 2.20 bits per heavy atom. The van der Waals surface area contributed by atoms with Gasteiger partial charge in [-0.3, -0.25) is 4.40 Å². The third kappa shape index (κ3) is 1.65. The zero-order valence-corrected chi connectivity index (χ0v) is 10.0. The molecule has 0 bridgehead atoms. The van der Waals surface area contributed by atoms with Crippen LogP contribution in [0.15, 0.2) is 28.0 Å². The normalized spacial score (nSPS) is 12.2. The molecule has 0 saturated heterocycles. The number of imidazole rings is 1. The standard InChI is InChI=1S/C8H6BrFN2O2S/c1-15(13,14)8-6(9)11-7-5(10)3-2-4-12(7)8/h2-4H,1H3. The van der Waals surface area contributed by atoms with E-state index in [0.717, 1.165) is 6.26 Å². The molecule has 0 fully saturated rings. The molecule has 4 nitrogen and oxygen atoms in total. The number of pyridine rings is 1. The first kappa shape index (κ1) is 10.6. The minimum absolute atomic E-state index is 0.00944. The molecule has 0 aliphatic rings. The molecule has 0 aliphatic heterocycles. The largest absolute Gasteiger partial charge is 0.287 e. The van der Waals surface area contributed by atoms with Crippen molar-refractivity contribution in [1.29, 1.82) is 0 Å². The Balaban J connectivity index is 2.99. The van der Waals surface area contributed by atoms with Crippen LogP contribution >= 0.6 is 15.9 Å². The SMILES string of the molecule is CS(=O)(=O)c1c(Br)nc2c(F)cccn12. The molecule has 2 heterocycles. The molecule has 0 amide bonds. The van der Waals surface area contributed by atoms with Crippen molar-refractivity contribution in [2.45, 2.75) is 5.03 Å². The van der Waals surface area contributed by atoms with Crippen LogP contribution in [0.4, 0.5) is 4.39 Å². The van der Waals surface area contributed by atoms with Crippen LogP contribution in [-0.2, 0) is 9.84 Å². The van der Waals surface area contributed by atoms with Gasteiger partial charge in [-0.2, -0.15) is 0 Å². The lowest BCUT2D eigenvalue weighted by atomic mass is 10.4. The fourth-order valence-electron chi connectivity index (χ4n) is 1.32. The number of nitrogens with zero attached hydrogens (tertiary/aromatic N) is 2. The lowest BCUT2D eigenvalue weighted by Gasteiger charge is -1.98. The average molecular weight is 293 g/mol. The van der Waals surface area contributed by atoms with Crippen molar-refractivity contribution >= 4 is 31.4 Å². The summed E-state index contributed by atoms with van der Waals surface area (Å²) in [5.74, 6) is -0.562. The van der Waals surface area contributed by atoms with E-state index in [9.17, 15) is 12.8 Å². The summed E-state index contributed by atoms with van der Waals surface area (Å²) < 4.78 is 37.4. The van der Waals surface area contributed by atoms with Gasteiger partial charge in [0, 0.05) is 12.5 Å². The van der Waals surface area contributed by atoms with E-state index in [2.05, 4.69) is 20.9 Å². The second-order valence-electron chi connectivity index (χ2n) is 3.03. The molecule has 0 saturated carbocycles. The summed E-state index contributed by atoms with van der Waals surface area (Å²) in [5.41, 5.74) is -0.00944. The van der Waals surface area contributed by atoms with Crippen molar-refractivity contribution in [1.82, 2.24) is 9.38 Å². The predicted molar refractivity (Wildman–Crippen MR) is 56.0 cm³/mol. The van der Waals surface area contributed by atoms with E-state index in [0.29, 0.717) is 0 Å². The van der Waals surface area contributed by atoms with Gasteiger partial charge in [0.1, 0.15) is 4.60 Å². The molecule has 2 aromatic rings. The Morgan fingerprint density at radius 3 is 2.80 bits per heavy atom. The van der Waals surface area contributed by atoms with Gasteiger partial charge in [-0.05, 0) is 28.1 Å². The Hall–Kier alpha value is -0.950. The van der Waals surface area contributed by atoms with Crippen molar-refractivity contribution in [3.05, 3.63) is 28.7 Å². The van der Waals surface area contributed by atoms with E-state index in [1.165, 1.54) is 22.7 Å². The molecule has 80 valence electrons. The van der Waals surface area contributed by atoms with Crippen molar-refractivity contribution < 1.29 is 12.8 Å². The number of aromatic nitrogens is 2. The van der Waals surface area contributed by atoms with Crippen LogP contribution in [0.1, 0.15) is 0 Å². The Bertz CT molecular complexity index is 635. The van der Waals surface area contributed by atoms with Crippen LogP contribution in [0, 0.1) is 5.82 Å². The first-order chi connectivity index (χ1) is 6.91. The number of sulfone groups is 1. The van der Waals surface area contributed by atoms with Crippen molar-refractivity contribution in [3.8, 4) is 0 Å². The van der Waals surface area contributed by atoms with Crippen LogP contribution < -0.4 is 0 Å². The molecule has 2 rings (SSSR count). The maximum Gasteiger partial charge on any atom is 0.194 e. The second kappa shape index (κ2) is 3.28. The van der Waals surface area contributed by atoms with Gasteiger partial charge >= 0.3 is 0 Å². The van der Waals surface area contributed by atoms with E-state index in [1.54, 1.807) is 0 Å². The second-order valence-corrected chi connectivity index (χ2v) is 5.71. The number of rotatable bonds is 1. The van der Waals surface area contributed by atoms with Gasteiger partial charge in [0.2, 0.25) is 0 Å². The number of hydrogen-bond acceptors (Lipinski definition) is 3. The highest BCUT2D eigenvalue weighted by molar-refractivity contribution is 9.10. The van der Waals surface area contributed by atoms with E-state index in [-0.39, 0.29) is 15.3 Å². The average Bonchev–Trinajstić information content (AvgIpc) is 2.41. The summed E-state index contributed by atoms with van der Waals surface area (Å²) in [6, 6.07) is 2.64. The number of halogens is 2. The highest BCUT2D eigenvalue weighted by Crippen LogP contribution is 2.23. The highest BCUT2D eigenvalue weighted by atomic mass is 79.9. The number of fused-ring (bicyclic) bond motifs is 1. The Kier molecular flexibility index (Phi) is 2.31. The lowest BCUT2D eigenvalue weighted by molar-refractivity contribution is 0.595. The van der Waals surface area contributed by atoms with Gasteiger partial charge in [-0.15, -0.1) is 0 Å². The summed E-state index contributed by atoms with van der Waals surface area (Å²) in [4.78, 5) is 3.80. The van der Waals surface area contributed by atoms with E-state index < -0.39 is 15.7 Å². The maximum atomic E-state index is 13.3. The van der Waals surface area contributed by atoms with Gasteiger partial charge in [0.05, 0.1) is 0 Å². The number of hydrogen-bond donors (Lipinski definition) is 0. The van der Waals surface area contributed by atoms with Gasteiger partial charge < -0.3 is 0 Å². The van der Waals surface area contributed by atoms with Crippen LogP contribution in [0.25, 0.3) is 5.65 Å². The molecule has 15 heavy (non-hydrogen) atoms. The van der Waals surface area contributed by atoms with E-state index in [1.807, 2.05) is 0 Å². The van der Waals surface area contributed by atoms with Crippen molar-refractivity contribution in [3.63, 3.8) is 0 Å². The topological polar surface area (TPSA) is 51.4 Å². The Labute approximate surface area is 93.8 Å². The first-order valence-electron chi connectivity index (χ1n) is 3.93. The summed E-state index contributed by atoms with van der Waals surface area (Å²) in [7, 11) is -3.45. The van der Waals surface area contributed by atoms with Gasteiger partial charge in [-0.25, -0.2) is 17.8 Å². The fourth-order valence-corrected chi connectivity index (χ4v) is 3.41. The van der Waals surface area contributed by atoms with Gasteiger partial charge in [0.25, 0.3) is 0 Å². The molecule has 0 spiro atoms. The maximum absolute atomic E-state index is 13.3. The Morgan fingerprint density at radius 1 is 1.53 bits per heavy atom. The molecule has 0 unspecified atom stereocenters. The van der Waals surface area contributed by atoms with E-state index in [4.69, 9.17) is 0 Å². The summed E-state index contributed by atoms with van der Waals surface area (Å²) in [6.45, 7) is 0. The summed E-state index contributed by atoms with van der Waals surface area (Å²) in [6.07, 6.45) is 2.50. The van der Waals surface area contributed by atoms with Crippen molar-refractivity contribution in [2.75, 3.05) is 6.26 Å². The van der Waals surface area contributed by atoms with Crippen LogP contribution in [-0.4, -0.2) is 24.1 Å². The molecule has 2 aromatic heterocycles. The molecule has 7 heteroatoms. The van der Waals surface area contributed by atoms with Gasteiger partial charge in [-0.1, -0.05) is 0 Å². The van der Waals surface area contributed by atoms with Crippen LogP contribution in [0.2, 0.25) is 0 Å². The molecule has 0 aliphatic carbocycles.